The molecule has 1 saturated heterocycles. The van der Waals surface area contributed by atoms with Crippen molar-refractivity contribution in [1.29, 1.82) is 0 Å². The number of hydrogen-bond donors (Lipinski definition) is 0. The molecule has 2 aromatic rings. The van der Waals surface area contributed by atoms with Gasteiger partial charge >= 0.3 is 0 Å². The van der Waals surface area contributed by atoms with Crippen LogP contribution in [0.2, 0.25) is 0 Å². The van der Waals surface area contributed by atoms with Crippen molar-refractivity contribution in [2.45, 2.75) is 45.9 Å². The molecular formula is C17H26N6. The molecule has 0 spiro atoms. The third-order valence-corrected chi connectivity index (χ3v) is 4.72. The predicted octanol–water partition coefficient (Wildman–Crippen LogP) is 1.71. The Hall–Kier alpha value is -1.79. The van der Waals surface area contributed by atoms with E-state index in [2.05, 4.69) is 49.6 Å². The number of aryl methyl sites for hydroxylation is 1. The second-order valence-electron chi connectivity index (χ2n) is 6.36. The van der Waals surface area contributed by atoms with Crippen LogP contribution in [-0.2, 0) is 19.6 Å². The number of rotatable bonds is 6. The fourth-order valence-corrected chi connectivity index (χ4v) is 3.37. The van der Waals surface area contributed by atoms with Gasteiger partial charge in [0.15, 0.2) is 0 Å². The molecule has 0 saturated carbocycles. The number of likely N-dealkylation sites (tertiary alicyclic amines) is 1. The molecule has 23 heavy (non-hydrogen) atoms. The van der Waals surface area contributed by atoms with E-state index in [4.69, 9.17) is 0 Å². The fraction of sp³-hybridized carbons (Fsp3) is 0.588. The monoisotopic (exact) mass is 314 g/mol. The van der Waals surface area contributed by atoms with Crippen molar-refractivity contribution in [3.05, 3.63) is 41.7 Å². The van der Waals surface area contributed by atoms with Crippen LogP contribution in [-0.4, -0.2) is 55.7 Å². The van der Waals surface area contributed by atoms with E-state index >= 15 is 0 Å². The van der Waals surface area contributed by atoms with E-state index in [9.17, 15) is 0 Å². The van der Waals surface area contributed by atoms with Crippen molar-refractivity contribution in [2.75, 3.05) is 20.1 Å². The van der Waals surface area contributed by atoms with E-state index in [-0.39, 0.29) is 0 Å². The molecule has 0 aliphatic carbocycles. The van der Waals surface area contributed by atoms with Crippen molar-refractivity contribution in [3.63, 3.8) is 0 Å². The lowest BCUT2D eigenvalue weighted by atomic mass is 10.2. The molecule has 3 heterocycles. The summed E-state index contributed by atoms with van der Waals surface area (Å²) in [5.41, 5.74) is 1.29. The van der Waals surface area contributed by atoms with Gasteiger partial charge in [0, 0.05) is 44.6 Å². The van der Waals surface area contributed by atoms with Crippen molar-refractivity contribution in [2.24, 2.45) is 0 Å². The molecule has 1 fully saturated rings. The van der Waals surface area contributed by atoms with Crippen molar-refractivity contribution in [3.8, 4) is 0 Å². The second kappa shape index (κ2) is 7.19. The van der Waals surface area contributed by atoms with E-state index in [1.165, 1.54) is 12.0 Å². The van der Waals surface area contributed by atoms with Crippen molar-refractivity contribution >= 4 is 0 Å². The minimum absolute atomic E-state index is 0.578. The highest BCUT2D eigenvalue weighted by molar-refractivity contribution is 5.08. The molecule has 6 heteroatoms. The average molecular weight is 314 g/mol. The summed E-state index contributed by atoms with van der Waals surface area (Å²) < 4.78 is 2.19. The predicted molar refractivity (Wildman–Crippen MR) is 89.8 cm³/mol. The number of likely N-dealkylation sites (N-methyl/N-ethyl adjacent to an activating group) is 1. The number of nitrogens with zero attached hydrogens (tertiary/aromatic N) is 6. The molecule has 0 aromatic carbocycles. The number of aromatic nitrogens is 4. The highest BCUT2D eigenvalue weighted by Crippen LogP contribution is 2.18. The summed E-state index contributed by atoms with van der Waals surface area (Å²) in [5, 5.41) is 8.54. The maximum Gasteiger partial charge on any atom is 0.147 e. The van der Waals surface area contributed by atoms with Crippen LogP contribution in [0.4, 0.5) is 0 Å². The Balaban J connectivity index is 1.56. The summed E-state index contributed by atoms with van der Waals surface area (Å²) in [5.74, 6) is 2.07. The normalized spacial score (nSPS) is 18.9. The number of pyridine rings is 1. The number of hydrogen-bond acceptors (Lipinski definition) is 5. The van der Waals surface area contributed by atoms with Crippen LogP contribution in [0.3, 0.4) is 0 Å². The van der Waals surface area contributed by atoms with Gasteiger partial charge in [-0.2, -0.15) is 0 Å². The molecule has 1 atom stereocenters. The minimum atomic E-state index is 0.578. The molecule has 1 aliphatic rings. The van der Waals surface area contributed by atoms with E-state index in [1.807, 2.05) is 25.4 Å². The van der Waals surface area contributed by atoms with Gasteiger partial charge in [0.1, 0.15) is 11.6 Å². The molecule has 1 aliphatic heterocycles. The lowest BCUT2D eigenvalue weighted by Crippen LogP contribution is -2.34. The molecule has 6 nitrogen and oxygen atoms in total. The summed E-state index contributed by atoms with van der Waals surface area (Å²) in [6.45, 7) is 9.19. The highest BCUT2D eigenvalue weighted by Gasteiger charge is 2.26. The molecule has 2 aromatic heterocycles. The highest BCUT2D eigenvalue weighted by atomic mass is 15.3. The maximum atomic E-state index is 4.33. The first-order chi connectivity index (χ1) is 11.2. The van der Waals surface area contributed by atoms with Crippen LogP contribution in [0.1, 0.15) is 30.6 Å². The Bertz CT molecular complexity index is 623. The third kappa shape index (κ3) is 3.76. The van der Waals surface area contributed by atoms with Crippen LogP contribution in [0.5, 0.6) is 0 Å². The summed E-state index contributed by atoms with van der Waals surface area (Å²) in [6.07, 6.45) is 5.00. The van der Waals surface area contributed by atoms with Crippen molar-refractivity contribution < 1.29 is 0 Å². The Labute approximate surface area is 138 Å². The Kier molecular flexibility index (Phi) is 5.03. The van der Waals surface area contributed by atoms with Crippen LogP contribution in [0.15, 0.2) is 24.5 Å². The van der Waals surface area contributed by atoms with Crippen molar-refractivity contribution in [1.82, 2.24) is 29.5 Å². The topological polar surface area (TPSA) is 50.1 Å². The summed E-state index contributed by atoms with van der Waals surface area (Å²) in [7, 11) is 2.20. The van der Waals surface area contributed by atoms with E-state index < -0.39 is 0 Å². The molecule has 1 unspecified atom stereocenters. The Morgan fingerprint density at radius 2 is 2.22 bits per heavy atom. The maximum absolute atomic E-state index is 4.33. The summed E-state index contributed by atoms with van der Waals surface area (Å²) >= 11 is 0. The fourth-order valence-electron chi connectivity index (χ4n) is 3.37. The lowest BCUT2D eigenvalue weighted by Gasteiger charge is -2.24. The van der Waals surface area contributed by atoms with E-state index in [1.54, 1.807) is 0 Å². The minimum Gasteiger partial charge on any atom is -0.314 e. The van der Waals surface area contributed by atoms with Crippen LogP contribution in [0.25, 0.3) is 0 Å². The largest absolute Gasteiger partial charge is 0.314 e. The third-order valence-electron chi connectivity index (χ3n) is 4.72. The van der Waals surface area contributed by atoms with Gasteiger partial charge in [0.25, 0.3) is 0 Å². The smallest absolute Gasteiger partial charge is 0.147 e. The molecule has 0 N–H and O–H groups in total. The molecule has 3 rings (SSSR count). The van der Waals surface area contributed by atoms with Gasteiger partial charge in [-0.25, -0.2) is 0 Å². The van der Waals surface area contributed by atoms with Gasteiger partial charge in [0.2, 0.25) is 0 Å². The molecule has 0 bridgehead atoms. The first kappa shape index (κ1) is 16.1. The zero-order chi connectivity index (χ0) is 16.2. The summed E-state index contributed by atoms with van der Waals surface area (Å²) in [6, 6.07) is 4.74. The molecule has 0 radical (unpaired) electrons. The van der Waals surface area contributed by atoms with E-state index in [0.29, 0.717) is 6.04 Å². The Morgan fingerprint density at radius 1 is 1.35 bits per heavy atom. The standard InChI is InChI=1S/C17H26N6/c1-4-23-14(2)19-20-17(23)13-21(3)16-7-9-22(12-16)11-15-6-5-8-18-10-15/h5-6,8,10,16H,4,7,9,11-13H2,1-3H3. The van der Waals surface area contributed by atoms with Gasteiger partial charge in [-0.05, 0) is 38.9 Å². The zero-order valence-electron chi connectivity index (χ0n) is 14.3. The van der Waals surface area contributed by atoms with Gasteiger partial charge in [-0.15, -0.1) is 10.2 Å². The quantitative estimate of drug-likeness (QED) is 0.812. The van der Waals surface area contributed by atoms with Gasteiger partial charge in [-0.3, -0.25) is 14.8 Å². The molecule has 124 valence electrons. The van der Waals surface area contributed by atoms with Gasteiger partial charge in [0.05, 0.1) is 6.54 Å². The first-order valence-corrected chi connectivity index (χ1v) is 8.37. The van der Waals surface area contributed by atoms with Crippen LogP contribution >= 0.6 is 0 Å². The van der Waals surface area contributed by atoms with Gasteiger partial charge < -0.3 is 4.57 Å². The SMILES string of the molecule is CCn1c(C)nnc1CN(C)C1CCN(Cc2cccnc2)C1. The lowest BCUT2D eigenvalue weighted by molar-refractivity contribution is 0.216. The molecule has 0 amide bonds. The molecular weight excluding hydrogens is 288 g/mol. The van der Waals surface area contributed by atoms with Gasteiger partial charge in [-0.1, -0.05) is 6.07 Å². The second-order valence-corrected chi connectivity index (χ2v) is 6.36. The summed E-state index contributed by atoms with van der Waals surface area (Å²) in [4.78, 5) is 9.13. The first-order valence-electron chi connectivity index (χ1n) is 8.37. The van der Waals surface area contributed by atoms with Crippen LogP contribution < -0.4 is 0 Å². The average Bonchev–Trinajstić information content (AvgIpc) is 3.15. The Morgan fingerprint density at radius 3 is 2.96 bits per heavy atom. The zero-order valence-corrected chi connectivity index (χ0v) is 14.3. The van der Waals surface area contributed by atoms with E-state index in [0.717, 1.165) is 44.4 Å². The van der Waals surface area contributed by atoms with Crippen LogP contribution in [0, 0.1) is 6.92 Å².